The molecule has 1 aliphatic heterocycles. The zero-order valence-electron chi connectivity index (χ0n) is 9.18. The number of amides is 1. The second kappa shape index (κ2) is 5.03. The maximum absolute atomic E-state index is 11.2. The highest BCUT2D eigenvalue weighted by molar-refractivity contribution is 5.77. The van der Waals surface area contributed by atoms with E-state index < -0.39 is 0 Å². The van der Waals surface area contributed by atoms with Gasteiger partial charge in [-0.1, -0.05) is 20.4 Å². The van der Waals surface area contributed by atoms with E-state index in [1.807, 2.05) is 13.8 Å². The molecule has 1 amide bonds. The maximum atomic E-state index is 11.2. The molecule has 0 unspecified atom stereocenters. The van der Waals surface area contributed by atoms with Gasteiger partial charge >= 0.3 is 0 Å². The van der Waals surface area contributed by atoms with Gasteiger partial charge in [-0.3, -0.25) is 4.79 Å². The van der Waals surface area contributed by atoms with E-state index in [9.17, 15) is 4.79 Å². The molecule has 0 atom stereocenters. The molecule has 0 radical (unpaired) electrons. The van der Waals surface area contributed by atoms with E-state index in [2.05, 4.69) is 16.8 Å². The molecule has 0 bridgehead atoms. The van der Waals surface area contributed by atoms with Gasteiger partial charge in [0.1, 0.15) is 0 Å². The molecule has 1 saturated heterocycles. The number of rotatable bonds is 4. The van der Waals surface area contributed by atoms with Gasteiger partial charge in [0.25, 0.3) is 0 Å². The van der Waals surface area contributed by atoms with Crippen LogP contribution in [-0.2, 0) is 4.79 Å². The Morgan fingerprint density at radius 2 is 2.36 bits per heavy atom. The Bertz CT molecular complexity index is 223. The maximum Gasteiger partial charge on any atom is 0.222 e. The van der Waals surface area contributed by atoms with Gasteiger partial charge in [0.2, 0.25) is 5.91 Å². The van der Waals surface area contributed by atoms with E-state index in [1.165, 1.54) is 12.1 Å². The SMILES string of the molecule is C=C1CCCN1CCNC(=O)C(C)C. The highest BCUT2D eigenvalue weighted by Crippen LogP contribution is 2.17. The lowest BCUT2D eigenvalue weighted by atomic mass is 10.2. The number of hydrogen-bond donors (Lipinski definition) is 1. The van der Waals surface area contributed by atoms with Gasteiger partial charge in [-0.05, 0) is 12.8 Å². The first-order valence-electron chi connectivity index (χ1n) is 5.31. The summed E-state index contributed by atoms with van der Waals surface area (Å²) in [6.07, 6.45) is 2.31. The molecule has 1 aliphatic rings. The van der Waals surface area contributed by atoms with Gasteiger partial charge in [0.05, 0.1) is 0 Å². The van der Waals surface area contributed by atoms with Crippen molar-refractivity contribution >= 4 is 5.91 Å². The lowest BCUT2D eigenvalue weighted by Gasteiger charge is -2.19. The van der Waals surface area contributed by atoms with Crippen LogP contribution in [0.1, 0.15) is 26.7 Å². The van der Waals surface area contributed by atoms with Crippen molar-refractivity contribution in [2.75, 3.05) is 19.6 Å². The molecular weight excluding hydrogens is 176 g/mol. The molecule has 3 nitrogen and oxygen atoms in total. The summed E-state index contributed by atoms with van der Waals surface area (Å²) in [7, 11) is 0. The Labute approximate surface area is 86.2 Å². The Morgan fingerprint density at radius 1 is 1.64 bits per heavy atom. The van der Waals surface area contributed by atoms with Crippen molar-refractivity contribution in [1.29, 1.82) is 0 Å². The second-order valence-corrected chi connectivity index (χ2v) is 4.10. The predicted molar refractivity (Wildman–Crippen MR) is 57.8 cm³/mol. The van der Waals surface area contributed by atoms with Crippen molar-refractivity contribution < 1.29 is 4.79 Å². The average Bonchev–Trinajstić information content (AvgIpc) is 2.51. The zero-order chi connectivity index (χ0) is 10.6. The minimum atomic E-state index is 0.0804. The predicted octanol–water partition coefficient (Wildman–Crippen LogP) is 1.37. The van der Waals surface area contributed by atoms with Crippen molar-refractivity contribution in [1.82, 2.24) is 10.2 Å². The minimum absolute atomic E-state index is 0.0804. The van der Waals surface area contributed by atoms with E-state index >= 15 is 0 Å². The Balaban J connectivity index is 2.15. The first kappa shape index (κ1) is 11.1. The molecule has 0 aromatic carbocycles. The number of nitrogens with one attached hydrogen (secondary N) is 1. The lowest BCUT2D eigenvalue weighted by molar-refractivity contribution is -0.124. The van der Waals surface area contributed by atoms with Crippen molar-refractivity contribution in [3.8, 4) is 0 Å². The van der Waals surface area contributed by atoms with E-state index in [-0.39, 0.29) is 11.8 Å². The highest BCUT2D eigenvalue weighted by Gasteiger charge is 2.14. The first-order chi connectivity index (χ1) is 6.61. The van der Waals surface area contributed by atoms with Crippen LogP contribution in [0.2, 0.25) is 0 Å². The number of carbonyl (C=O) groups excluding carboxylic acids is 1. The Hall–Kier alpha value is -0.990. The van der Waals surface area contributed by atoms with Gasteiger partial charge in [0.15, 0.2) is 0 Å². The van der Waals surface area contributed by atoms with Gasteiger partial charge in [-0.2, -0.15) is 0 Å². The summed E-state index contributed by atoms with van der Waals surface area (Å²) in [6, 6.07) is 0. The number of allylic oxidation sites excluding steroid dienone is 1. The molecule has 1 rings (SSSR count). The molecular formula is C11H20N2O. The fourth-order valence-corrected chi connectivity index (χ4v) is 1.58. The van der Waals surface area contributed by atoms with E-state index in [0.717, 1.165) is 26.1 Å². The molecule has 0 aliphatic carbocycles. The average molecular weight is 196 g/mol. The molecule has 0 saturated carbocycles. The topological polar surface area (TPSA) is 32.3 Å². The summed E-state index contributed by atoms with van der Waals surface area (Å²) in [6.45, 7) is 10.5. The zero-order valence-corrected chi connectivity index (χ0v) is 9.18. The van der Waals surface area contributed by atoms with Gasteiger partial charge in [0, 0.05) is 31.2 Å². The molecule has 1 fully saturated rings. The molecule has 3 heteroatoms. The summed E-state index contributed by atoms with van der Waals surface area (Å²) >= 11 is 0. The summed E-state index contributed by atoms with van der Waals surface area (Å²) in [5.74, 6) is 0.214. The number of hydrogen-bond acceptors (Lipinski definition) is 2. The summed E-state index contributed by atoms with van der Waals surface area (Å²) < 4.78 is 0. The number of nitrogens with zero attached hydrogens (tertiary/aromatic N) is 1. The normalized spacial score (nSPS) is 16.5. The van der Waals surface area contributed by atoms with Crippen molar-refractivity contribution in [2.24, 2.45) is 5.92 Å². The van der Waals surface area contributed by atoms with Crippen LogP contribution in [0.3, 0.4) is 0 Å². The Morgan fingerprint density at radius 3 is 2.86 bits per heavy atom. The van der Waals surface area contributed by atoms with Crippen molar-refractivity contribution in [3.63, 3.8) is 0 Å². The van der Waals surface area contributed by atoms with Crippen LogP contribution < -0.4 is 5.32 Å². The monoisotopic (exact) mass is 196 g/mol. The molecule has 0 aromatic rings. The quantitative estimate of drug-likeness (QED) is 0.736. The molecule has 0 spiro atoms. The van der Waals surface area contributed by atoms with Crippen LogP contribution in [0.25, 0.3) is 0 Å². The first-order valence-corrected chi connectivity index (χ1v) is 5.31. The van der Waals surface area contributed by atoms with Gasteiger partial charge in [-0.25, -0.2) is 0 Å². The largest absolute Gasteiger partial charge is 0.374 e. The fourth-order valence-electron chi connectivity index (χ4n) is 1.58. The Kier molecular flexibility index (Phi) is 3.98. The molecule has 1 heterocycles. The summed E-state index contributed by atoms with van der Waals surface area (Å²) in [5.41, 5.74) is 1.21. The second-order valence-electron chi connectivity index (χ2n) is 4.10. The van der Waals surface area contributed by atoms with E-state index in [0.29, 0.717) is 0 Å². The van der Waals surface area contributed by atoms with Crippen LogP contribution >= 0.6 is 0 Å². The van der Waals surface area contributed by atoms with Crippen molar-refractivity contribution in [2.45, 2.75) is 26.7 Å². The van der Waals surface area contributed by atoms with Crippen LogP contribution in [0.15, 0.2) is 12.3 Å². The number of carbonyl (C=O) groups is 1. The summed E-state index contributed by atoms with van der Waals surface area (Å²) in [5, 5.41) is 2.91. The van der Waals surface area contributed by atoms with Gasteiger partial charge < -0.3 is 10.2 Å². The highest BCUT2D eigenvalue weighted by atomic mass is 16.1. The van der Waals surface area contributed by atoms with Crippen LogP contribution in [0.4, 0.5) is 0 Å². The van der Waals surface area contributed by atoms with Crippen LogP contribution in [0.5, 0.6) is 0 Å². The minimum Gasteiger partial charge on any atom is -0.374 e. The molecule has 14 heavy (non-hydrogen) atoms. The lowest BCUT2D eigenvalue weighted by Crippen LogP contribution is -2.34. The molecule has 0 aromatic heterocycles. The number of likely N-dealkylation sites (tertiary alicyclic amines) is 1. The smallest absolute Gasteiger partial charge is 0.222 e. The third-order valence-corrected chi connectivity index (χ3v) is 2.55. The van der Waals surface area contributed by atoms with E-state index in [1.54, 1.807) is 0 Å². The van der Waals surface area contributed by atoms with E-state index in [4.69, 9.17) is 0 Å². The third kappa shape index (κ3) is 3.05. The summed E-state index contributed by atoms with van der Waals surface area (Å²) in [4.78, 5) is 13.5. The van der Waals surface area contributed by atoms with Gasteiger partial charge in [-0.15, -0.1) is 0 Å². The van der Waals surface area contributed by atoms with Crippen LogP contribution in [-0.4, -0.2) is 30.4 Å². The fraction of sp³-hybridized carbons (Fsp3) is 0.727. The van der Waals surface area contributed by atoms with Crippen molar-refractivity contribution in [3.05, 3.63) is 12.3 Å². The third-order valence-electron chi connectivity index (χ3n) is 2.55. The molecule has 80 valence electrons. The standard InChI is InChI=1S/C11H20N2O/c1-9(2)11(14)12-6-8-13-7-4-5-10(13)3/h9H,3-8H2,1-2H3,(H,12,14). The molecule has 1 N–H and O–H groups in total. The van der Waals surface area contributed by atoms with Crippen LogP contribution in [0, 0.1) is 5.92 Å².